The molecule has 176 valence electrons. The number of hydrogen-bond donors (Lipinski definition) is 1. The minimum atomic E-state index is -4.43. The maximum atomic E-state index is 13.2. The highest BCUT2D eigenvalue weighted by atomic mass is 32.2. The molecule has 8 nitrogen and oxygen atoms in total. The highest BCUT2D eigenvalue weighted by molar-refractivity contribution is 7.87. The van der Waals surface area contributed by atoms with Crippen molar-refractivity contribution < 1.29 is 40.9 Å². The summed E-state index contributed by atoms with van der Waals surface area (Å²) in [7, 11) is -7.32. The Hall–Kier alpha value is -3.33. The van der Waals surface area contributed by atoms with Crippen LogP contribution in [0.1, 0.15) is 56.5 Å². The summed E-state index contributed by atoms with van der Waals surface area (Å²) in [5.74, 6) is -2.32. The maximum Gasteiger partial charge on any atom is 0.342 e. The molecular formula is C24H26O8S. The van der Waals surface area contributed by atoms with Crippen molar-refractivity contribution in [2.75, 3.05) is 7.04 Å². The van der Waals surface area contributed by atoms with Crippen molar-refractivity contribution in [3.8, 4) is 11.5 Å². The number of aryl methyl sites for hydroxylation is 1. The second-order valence-corrected chi connectivity index (χ2v) is 9.34. The van der Waals surface area contributed by atoms with E-state index in [0.29, 0.717) is 11.1 Å². The number of cyclic esters (lactones) is 1. The number of hydrogen-bond acceptors (Lipinski definition) is 7. The molecule has 1 heterocycles. The summed E-state index contributed by atoms with van der Waals surface area (Å²) >= 11 is 0. The van der Waals surface area contributed by atoms with Crippen molar-refractivity contribution in [2.45, 2.75) is 51.5 Å². The number of esters is 1. The molecule has 0 aromatic heterocycles. The first-order valence-corrected chi connectivity index (χ1v) is 11.5. The monoisotopic (exact) mass is 477 g/mol. The molecular weight excluding hydrogens is 448 g/mol. The van der Waals surface area contributed by atoms with Gasteiger partial charge in [0, 0.05) is 17.5 Å². The normalized spacial score (nSPS) is 15.2. The van der Waals surface area contributed by atoms with Crippen LogP contribution >= 0.6 is 0 Å². The topological polar surface area (TPSA) is 116 Å². The Balaban J connectivity index is 2.21. The van der Waals surface area contributed by atoms with E-state index in [1.807, 2.05) is 0 Å². The van der Waals surface area contributed by atoms with Crippen LogP contribution in [0.15, 0.2) is 40.8 Å². The third-order valence-corrected chi connectivity index (χ3v) is 6.65. The molecule has 1 N–H and O–H groups in total. The van der Waals surface area contributed by atoms with Gasteiger partial charge in [0.1, 0.15) is 22.8 Å². The first kappa shape index (κ1) is 20.3. The number of methoxy groups -OCH3 is 1. The van der Waals surface area contributed by atoms with Gasteiger partial charge in [0.15, 0.2) is 5.75 Å². The van der Waals surface area contributed by atoms with Gasteiger partial charge in [0.2, 0.25) is 0 Å². The summed E-state index contributed by atoms with van der Waals surface area (Å²) in [4.78, 5) is 23.4. The second kappa shape index (κ2) is 9.66. The Bertz CT molecular complexity index is 1330. The fourth-order valence-electron chi connectivity index (χ4n) is 3.51. The van der Waals surface area contributed by atoms with Crippen LogP contribution in [0.2, 0.25) is 0 Å². The molecule has 0 amide bonds. The largest absolute Gasteiger partial charge is 0.496 e. The predicted molar refractivity (Wildman–Crippen MR) is 120 cm³/mol. The van der Waals surface area contributed by atoms with Gasteiger partial charge < -0.3 is 18.8 Å². The predicted octanol–water partition coefficient (Wildman–Crippen LogP) is 4.10. The van der Waals surface area contributed by atoms with Gasteiger partial charge in [-0.1, -0.05) is 29.3 Å². The van der Waals surface area contributed by atoms with Crippen LogP contribution in [0.3, 0.4) is 0 Å². The SMILES string of the molecule is [2H]C([2H])([2H])Oc1c(C)c2c(c(OS(=O)(=O)c3ccc(C)cc3)c1CC=C(C)CCC(=O)O)C(=O)OC2. The Kier molecular flexibility index (Phi) is 5.94. The first-order chi connectivity index (χ1) is 16.7. The minimum Gasteiger partial charge on any atom is -0.496 e. The number of rotatable bonds is 9. The van der Waals surface area contributed by atoms with E-state index in [2.05, 4.69) is 0 Å². The van der Waals surface area contributed by atoms with E-state index in [1.54, 1.807) is 39.0 Å². The van der Waals surface area contributed by atoms with Crippen LogP contribution in [0.4, 0.5) is 0 Å². The molecule has 0 bridgehead atoms. The van der Waals surface area contributed by atoms with Gasteiger partial charge in [-0.3, -0.25) is 4.79 Å². The van der Waals surface area contributed by atoms with E-state index in [1.165, 1.54) is 12.1 Å². The number of benzene rings is 2. The first-order valence-electron chi connectivity index (χ1n) is 11.6. The van der Waals surface area contributed by atoms with Gasteiger partial charge in [0.25, 0.3) is 0 Å². The zero-order chi connectivity index (χ0) is 26.8. The molecule has 3 rings (SSSR count). The molecule has 0 aliphatic carbocycles. The van der Waals surface area contributed by atoms with Crippen molar-refractivity contribution in [3.05, 3.63) is 63.7 Å². The molecule has 0 fully saturated rings. The molecule has 0 radical (unpaired) electrons. The van der Waals surface area contributed by atoms with Crippen molar-refractivity contribution in [2.24, 2.45) is 0 Å². The molecule has 0 atom stereocenters. The molecule has 1 aliphatic rings. The van der Waals surface area contributed by atoms with Crippen LogP contribution in [0.5, 0.6) is 11.5 Å². The number of allylic oxidation sites excluding steroid dienone is 2. The van der Waals surface area contributed by atoms with E-state index in [9.17, 15) is 18.0 Å². The van der Waals surface area contributed by atoms with Gasteiger partial charge in [-0.25, -0.2) is 4.79 Å². The number of carboxylic acids is 1. The number of aliphatic carboxylic acids is 1. The third-order valence-electron chi connectivity index (χ3n) is 5.41. The lowest BCUT2D eigenvalue weighted by Crippen LogP contribution is -2.15. The summed E-state index contributed by atoms with van der Waals surface area (Å²) in [6, 6.07) is 5.88. The number of fused-ring (bicyclic) bond motifs is 1. The lowest BCUT2D eigenvalue weighted by atomic mass is 9.94. The van der Waals surface area contributed by atoms with Crippen LogP contribution < -0.4 is 8.92 Å². The molecule has 2 aromatic rings. The van der Waals surface area contributed by atoms with Crippen LogP contribution in [-0.4, -0.2) is 32.5 Å². The zero-order valence-electron chi connectivity index (χ0n) is 21.4. The average Bonchev–Trinajstić information content (AvgIpc) is 3.16. The van der Waals surface area contributed by atoms with E-state index in [-0.39, 0.29) is 59.0 Å². The number of carboxylic acid groups (broad SMARTS) is 1. The highest BCUT2D eigenvalue weighted by Crippen LogP contribution is 2.43. The van der Waals surface area contributed by atoms with Crippen molar-refractivity contribution >= 4 is 22.1 Å². The molecule has 0 saturated heterocycles. The Labute approximate surface area is 197 Å². The third kappa shape index (κ3) is 5.19. The fourth-order valence-corrected chi connectivity index (χ4v) is 4.48. The summed E-state index contributed by atoms with van der Waals surface area (Å²) in [6.07, 6.45) is 1.62. The number of carbonyl (C=O) groups excluding carboxylic acids is 1. The number of carbonyl (C=O) groups is 2. The Morgan fingerprint density at radius 2 is 1.91 bits per heavy atom. The van der Waals surface area contributed by atoms with E-state index in [4.69, 9.17) is 22.9 Å². The second-order valence-electron chi connectivity index (χ2n) is 7.79. The van der Waals surface area contributed by atoms with Crippen molar-refractivity contribution in [1.82, 2.24) is 0 Å². The summed E-state index contributed by atoms with van der Waals surface area (Å²) in [5, 5.41) is 8.94. The smallest absolute Gasteiger partial charge is 0.342 e. The summed E-state index contributed by atoms with van der Waals surface area (Å²) in [6.45, 7) is 4.82. The number of ether oxygens (including phenoxy) is 2. The minimum absolute atomic E-state index is 0.0200. The summed E-state index contributed by atoms with van der Waals surface area (Å²) in [5.41, 5.74) is 1.96. The van der Waals surface area contributed by atoms with Gasteiger partial charge >= 0.3 is 22.1 Å². The quantitative estimate of drug-likeness (QED) is 0.326. The standard InChI is InChI=1S/C24H26O8S/c1-14-5-9-17(10-6-14)33(28,29)32-23-18(11-7-15(2)8-12-20(25)26)22(30-4)16(3)19-13-31-24(27)21(19)23/h5-7,9-10H,8,11-13H2,1-4H3,(H,25,26)/i4D3. The molecule has 0 saturated carbocycles. The van der Waals surface area contributed by atoms with Gasteiger partial charge in [-0.05, 0) is 51.3 Å². The van der Waals surface area contributed by atoms with E-state index < -0.39 is 29.1 Å². The van der Waals surface area contributed by atoms with E-state index in [0.717, 1.165) is 5.56 Å². The molecule has 33 heavy (non-hydrogen) atoms. The summed E-state index contributed by atoms with van der Waals surface area (Å²) < 4.78 is 65.0. The van der Waals surface area contributed by atoms with Gasteiger partial charge in [-0.15, -0.1) is 0 Å². The van der Waals surface area contributed by atoms with Crippen LogP contribution in [0, 0.1) is 13.8 Å². The van der Waals surface area contributed by atoms with Crippen molar-refractivity contribution in [3.63, 3.8) is 0 Å². The molecule has 9 heteroatoms. The lowest BCUT2D eigenvalue weighted by molar-refractivity contribution is -0.136. The van der Waals surface area contributed by atoms with Crippen LogP contribution in [0.25, 0.3) is 0 Å². The Morgan fingerprint density at radius 3 is 2.55 bits per heavy atom. The van der Waals surface area contributed by atoms with Gasteiger partial charge in [-0.2, -0.15) is 8.42 Å². The maximum absolute atomic E-state index is 13.2. The molecule has 1 aliphatic heterocycles. The van der Waals surface area contributed by atoms with Crippen LogP contribution in [-0.2, 0) is 32.7 Å². The Morgan fingerprint density at radius 1 is 1.21 bits per heavy atom. The molecule has 0 unspecified atom stereocenters. The average molecular weight is 478 g/mol. The highest BCUT2D eigenvalue weighted by Gasteiger charge is 2.35. The van der Waals surface area contributed by atoms with Crippen molar-refractivity contribution in [1.29, 1.82) is 0 Å². The zero-order valence-corrected chi connectivity index (χ0v) is 19.2. The fraction of sp³-hybridized carbons (Fsp3) is 0.333. The molecule has 2 aromatic carbocycles. The lowest BCUT2D eigenvalue weighted by Gasteiger charge is -2.19. The van der Waals surface area contributed by atoms with Gasteiger partial charge in [0.05, 0.1) is 11.2 Å². The molecule has 0 spiro atoms. The van der Waals surface area contributed by atoms with E-state index >= 15 is 0 Å².